The van der Waals surface area contributed by atoms with Crippen LogP contribution in [0.15, 0.2) is 30.6 Å². The van der Waals surface area contributed by atoms with Crippen LogP contribution in [0.1, 0.15) is 28.3 Å². The summed E-state index contributed by atoms with van der Waals surface area (Å²) in [4.78, 5) is 43.8. The third-order valence-electron chi connectivity index (χ3n) is 7.18. The van der Waals surface area contributed by atoms with Gasteiger partial charge >= 0.3 is 15.2 Å². The van der Waals surface area contributed by atoms with Gasteiger partial charge in [-0.25, -0.2) is 4.98 Å². The van der Waals surface area contributed by atoms with Crippen molar-refractivity contribution < 1.29 is 62.7 Å². The van der Waals surface area contributed by atoms with Crippen molar-refractivity contribution in [3.05, 3.63) is 41.7 Å². The highest BCUT2D eigenvalue weighted by Gasteiger charge is 2.47. The number of fused-ring (bicyclic) bond motifs is 1. The van der Waals surface area contributed by atoms with Gasteiger partial charge in [0, 0.05) is 5.56 Å². The number of aliphatic hydroxyl groups excluding tert-OH is 4. The predicted molar refractivity (Wildman–Crippen MR) is 151 cm³/mol. The lowest BCUT2D eigenvalue weighted by atomic mass is 10.00. The molecule has 5 rings (SSSR count). The van der Waals surface area contributed by atoms with E-state index < -0.39 is 89.2 Å². The minimum absolute atomic E-state index is 0.0407. The average Bonchev–Trinajstić information content (AvgIpc) is 3.60. The fourth-order valence-electron chi connectivity index (χ4n) is 4.96. The third-order valence-corrected chi connectivity index (χ3v) is 11.1. The van der Waals surface area contributed by atoms with E-state index in [9.17, 15) is 44.1 Å². The molecule has 1 aromatic carbocycles. The largest absolute Gasteiger partial charge is 0.387 e. The topological polar surface area (TPSA) is 331 Å². The number of hydrogen-bond donors (Lipinski definition) is 9. The van der Waals surface area contributed by atoms with Crippen molar-refractivity contribution in [1.82, 2.24) is 19.5 Å². The molecule has 12 N–H and O–H groups in total. The Morgan fingerprint density at radius 1 is 0.933 bits per heavy atom. The van der Waals surface area contributed by atoms with E-state index in [1.807, 2.05) is 0 Å². The monoisotopic (exact) mass is 675 g/mol. The van der Waals surface area contributed by atoms with Crippen LogP contribution in [-0.2, 0) is 27.7 Å². The van der Waals surface area contributed by atoms with Crippen LogP contribution in [0.2, 0.25) is 0 Å². The first-order chi connectivity index (χ1) is 21.1. The van der Waals surface area contributed by atoms with Crippen LogP contribution in [0, 0.1) is 0 Å². The zero-order chi connectivity index (χ0) is 32.8. The molecule has 10 atom stereocenters. The maximum absolute atomic E-state index is 12.7. The van der Waals surface area contributed by atoms with E-state index in [4.69, 9.17) is 35.7 Å². The van der Waals surface area contributed by atoms with Gasteiger partial charge in [-0.15, -0.1) is 0 Å². The number of benzene rings is 1. The molecule has 4 heterocycles. The number of carbonyl (C=O) groups is 1. The van der Waals surface area contributed by atoms with Gasteiger partial charge in [0.25, 0.3) is 0 Å². The van der Waals surface area contributed by atoms with E-state index in [-0.39, 0.29) is 28.5 Å². The number of rotatable bonds is 11. The van der Waals surface area contributed by atoms with Crippen LogP contribution in [0.25, 0.3) is 11.2 Å². The number of nitrogen functional groups attached to an aromatic ring is 2. The van der Waals surface area contributed by atoms with Gasteiger partial charge in [0.15, 0.2) is 23.6 Å². The molecule has 4 unspecified atom stereocenters. The molecule has 22 heteroatoms. The van der Waals surface area contributed by atoms with E-state index in [2.05, 4.69) is 15.0 Å². The fourth-order valence-corrected chi connectivity index (χ4v) is 8.18. The van der Waals surface area contributed by atoms with Crippen LogP contribution in [0.3, 0.4) is 0 Å². The van der Waals surface area contributed by atoms with E-state index in [0.29, 0.717) is 5.56 Å². The van der Waals surface area contributed by atoms with Crippen LogP contribution < -0.4 is 17.2 Å². The average molecular weight is 675 g/mol. The first kappa shape index (κ1) is 33.3. The van der Waals surface area contributed by atoms with Crippen molar-refractivity contribution in [2.24, 2.45) is 5.73 Å². The molecule has 2 fully saturated rings. The maximum atomic E-state index is 12.7. The van der Waals surface area contributed by atoms with E-state index in [1.165, 1.54) is 35.2 Å². The van der Waals surface area contributed by atoms with Crippen LogP contribution in [0.4, 0.5) is 11.8 Å². The molecule has 2 aliphatic rings. The fraction of sp³-hybridized carbons (Fsp3) is 0.478. The zero-order valence-corrected chi connectivity index (χ0v) is 24.9. The summed E-state index contributed by atoms with van der Waals surface area (Å²) < 4.78 is 47.6. The quantitative estimate of drug-likeness (QED) is 0.0986. The number of aromatic nitrogens is 4. The number of nitrogens with zero attached hydrogens (tertiary/aromatic N) is 4. The van der Waals surface area contributed by atoms with E-state index in [0.717, 1.165) is 0 Å². The first-order valence-electron chi connectivity index (χ1n) is 13.2. The molecule has 3 aromatic rings. The molecule has 0 radical (unpaired) electrons. The second-order valence-corrected chi connectivity index (χ2v) is 14.6. The lowest BCUT2D eigenvalue weighted by Gasteiger charge is -2.21. The highest BCUT2D eigenvalue weighted by Crippen LogP contribution is 2.58. The SMILES string of the molecule is NC(=O)c1cccc([C@@H]2O[C@H](COP(=O)(O)CP(=O)(O)OC[C@H]3O[C@@H](n4cnc5c(N)nc(N)nc54)C(O)[C@H]3O)[C@H](O)C2O)c1. The number of amides is 1. The molecule has 0 spiro atoms. The smallest absolute Gasteiger partial charge is 0.340 e. The Morgan fingerprint density at radius 3 is 2.20 bits per heavy atom. The van der Waals surface area contributed by atoms with E-state index >= 15 is 0 Å². The third kappa shape index (κ3) is 7.02. The molecule has 0 saturated carbocycles. The molecule has 0 bridgehead atoms. The molecule has 1 amide bonds. The minimum Gasteiger partial charge on any atom is -0.387 e. The lowest BCUT2D eigenvalue weighted by molar-refractivity contribution is -0.0484. The number of nitrogens with two attached hydrogens (primary N) is 3. The molecule has 0 aliphatic carbocycles. The Hall–Kier alpha value is -3.10. The molecule has 20 nitrogen and oxygen atoms in total. The lowest BCUT2D eigenvalue weighted by Crippen LogP contribution is -2.33. The maximum Gasteiger partial charge on any atom is 0.340 e. The Bertz CT molecular complexity index is 1680. The number of aliphatic hydroxyl groups is 4. The first-order valence-corrected chi connectivity index (χ1v) is 16.7. The summed E-state index contributed by atoms with van der Waals surface area (Å²) in [6, 6.07) is 5.79. The van der Waals surface area contributed by atoms with Crippen molar-refractivity contribution in [3.63, 3.8) is 0 Å². The number of carbonyl (C=O) groups excluding carboxylic acids is 1. The number of imidazole rings is 1. The van der Waals surface area contributed by atoms with Gasteiger partial charge in [0.2, 0.25) is 11.9 Å². The molecule has 2 aliphatic heterocycles. The second-order valence-electron chi connectivity index (χ2n) is 10.4. The van der Waals surface area contributed by atoms with Crippen LogP contribution in [-0.4, -0.2) is 111 Å². The standard InChI is InChI=1S/C23H31N7O13P2/c24-19-13-21(29-23(26)28-19)30(7-27-13)22-17(34)15(32)12(43-22)6-41-45(38,39)8-44(36,37)40-5-11-14(31)16(33)18(42-11)9-2-1-3-10(4-9)20(25)35/h1-4,7,11-12,14-18,22,31-34H,5-6,8H2,(H2,25,35)(H,36,37)(H,38,39)(H4,24,26,28,29)/t11-,12-,14+,15+,16?,17?,18+,22-/m1/s1. The Morgan fingerprint density at radius 2 is 1.56 bits per heavy atom. The van der Waals surface area contributed by atoms with Crippen molar-refractivity contribution in [2.75, 3.05) is 30.6 Å². The predicted octanol–water partition coefficient (Wildman–Crippen LogP) is -2.07. The van der Waals surface area contributed by atoms with Gasteiger partial charge in [0.1, 0.15) is 48.2 Å². The summed E-state index contributed by atoms with van der Waals surface area (Å²) in [6.07, 6.45) is -10.3. The van der Waals surface area contributed by atoms with Gasteiger partial charge < -0.3 is 65.9 Å². The Labute approximate surface area is 253 Å². The van der Waals surface area contributed by atoms with Gasteiger partial charge in [-0.2, -0.15) is 9.97 Å². The number of ether oxygens (including phenoxy) is 2. The van der Waals surface area contributed by atoms with Crippen molar-refractivity contribution in [3.8, 4) is 0 Å². The molecule has 246 valence electrons. The van der Waals surface area contributed by atoms with Crippen molar-refractivity contribution in [2.45, 2.75) is 49.0 Å². The second kappa shape index (κ2) is 12.6. The molecule has 2 aromatic heterocycles. The van der Waals surface area contributed by atoms with Crippen molar-refractivity contribution in [1.29, 1.82) is 0 Å². The van der Waals surface area contributed by atoms with Gasteiger partial charge in [-0.3, -0.25) is 18.5 Å². The summed E-state index contributed by atoms with van der Waals surface area (Å²) in [5.41, 5.74) is 17.3. The minimum atomic E-state index is -4.89. The van der Waals surface area contributed by atoms with Crippen LogP contribution in [0.5, 0.6) is 0 Å². The van der Waals surface area contributed by atoms with Crippen molar-refractivity contribution >= 4 is 44.0 Å². The zero-order valence-electron chi connectivity index (χ0n) is 23.1. The van der Waals surface area contributed by atoms with Gasteiger partial charge in [0.05, 0.1) is 19.5 Å². The number of hydrogen-bond acceptors (Lipinski definition) is 16. The molecule has 45 heavy (non-hydrogen) atoms. The van der Waals surface area contributed by atoms with E-state index in [1.54, 1.807) is 0 Å². The number of anilines is 2. The molecular weight excluding hydrogens is 644 g/mol. The number of primary amides is 1. The summed E-state index contributed by atoms with van der Waals surface area (Å²) in [5.74, 6) is -2.36. The van der Waals surface area contributed by atoms with Gasteiger partial charge in [-0.1, -0.05) is 12.1 Å². The van der Waals surface area contributed by atoms with Crippen LogP contribution >= 0.6 is 15.2 Å². The summed E-state index contributed by atoms with van der Waals surface area (Å²) in [6.45, 7) is -1.56. The Balaban J connectivity index is 1.17. The summed E-state index contributed by atoms with van der Waals surface area (Å²) in [7, 11) is -9.77. The normalized spacial score (nSPS) is 31.2. The molecular formula is C23H31N7O13P2. The summed E-state index contributed by atoms with van der Waals surface area (Å²) >= 11 is 0. The highest BCUT2D eigenvalue weighted by molar-refractivity contribution is 7.70. The summed E-state index contributed by atoms with van der Waals surface area (Å²) in [5, 5.41) is 41.9. The van der Waals surface area contributed by atoms with Gasteiger partial charge in [-0.05, 0) is 17.7 Å². The highest BCUT2D eigenvalue weighted by atomic mass is 31.2. The Kier molecular flexibility index (Phi) is 9.31. The molecule has 2 saturated heterocycles.